The number of hydrogen-bond acceptors (Lipinski definition) is 6. The molecule has 2 aromatic carbocycles. The van der Waals surface area contributed by atoms with Gasteiger partial charge in [-0.05, 0) is 47.5 Å². The van der Waals surface area contributed by atoms with Crippen LogP contribution in [0.25, 0.3) is 6.08 Å². The SMILES string of the molecule is CCCCN1C(=O)S/C(=C\c2ccc(OCc3cccc([N+](=O)[O-])c3)c(Cl)c2)C1=O. The average Bonchev–Trinajstić information content (AvgIpc) is 2.98. The van der Waals surface area contributed by atoms with E-state index >= 15 is 0 Å². The molecular formula is C21H19ClN2O5S. The van der Waals surface area contributed by atoms with E-state index in [4.69, 9.17) is 16.3 Å². The zero-order valence-electron chi connectivity index (χ0n) is 16.2. The fourth-order valence-electron chi connectivity index (χ4n) is 2.81. The van der Waals surface area contributed by atoms with Gasteiger partial charge in [0.1, 0.15) is 12.4 Å². The van der Waals surface area contributed by atoms with Gasteiger partial charge in [-0.25, -0.2) is 0 Å². The van der Waals surface area contributed by atoms with Crippen LogP contribution in [0.3, 0.4) is 0 Å². The van der Waals surface area contributed by atoms with Gasteiger partial charge in [0, 0.05) is 18.7 Å². The number of hydrogen-bond donors (Lipinski definition) is 0. The van der Waals surface area contributed by atoms with Crippen molar-refractivity contribution in [2.45, 2.75) is 26.4 Å². The van der Waals surface area contributed by atoms with Crippen molar-refractivity contribution < 1.29 is 19.2 Å². The van der Waals surface area contributed by atoms with E-state index < -0.39 is 4.92 Å². The molecule has 0 aromatic heterocycles. The van der Waals surface area contributed by atoms with E-state index in [1.807, 2.05) is 6.92 Å². The molecule has 1 saturated heterocycles. The summed E-state index contributed by atoms with van der Waals surface area (Å²) >= 11 is 7.21. The number of ether oxygens (including phenoxy) is 1. The summed E-state index contributed by atoms with van der Waals surface area (Å²) in [5, 5.41) is 10.9. The molecule has 0 spiro atoms. The van der Waals surface area contributed by atoms with E-state index in [-0.39, 0.29) is 23.4 Å². The van der Waals surface area contributed by atoms with Gasteiger partial charge in [0.25, 0.3) is 16.8 Å². The number of benzene rings is 2. The Morgan fingerprint density at radius 1 is 1.23 bits per heavy atom. The second-order valence-corrected chi connectivity index (χ2v) is 7.99. The van der Waals surface area contributed by atoms with Gasteiger partial charge >= 0.3 is 0 Å². The van der Waals surface area contributed by atoms with Crippen molar-refractivity contribution in [3.05, 3.63) is 73.6 Å². The maximum atomic E-state index is 12.4. The molecule has 2 aromatic rings. The van der Waals surface area contributed by atoms with Crippen molar-refractivity contribution >= 4 is 46.3 Å². The second-order valence-electron chi connectivity index (χ2n) is 6.59. The molecule has 7 nitrogen and oxygen atoms in total. The highest BCUT2D eigenvalue weighted by atomic mass is 35.5. The number of rotatable bonds is 8. The van der Waals surface area contributed by atoms with Crippen LogP contribution in [0.2, 0.25) is 5.02 Å². The van der Waals surface area contributed by atoms with E-state index in [0.29, 0.717) is 33.3 Å². The van der Waals surface area contributed by atoms with Crippen molar-refractivity contribution in [3.8, 4) is 5.75 Å². The Balaban J connectivity index is 1.69. The molecule has 30 heavy (non-hydrogen) atoms. The summed E-state index contributed by atoms with van der Waals surface area (Å²) < 4.78 is 5.67. The smallest absolute Gasteiger partial charge is 0.293 e. The van der Waals surface area contributed by atoms with Gasteiger partial charge in [0.15, 0.2) is 0 Å². The third kappa shape index (κ3) is 5.20. The van der Waals surface area contributed by atoms with Crippen LogP contribution < -0.4 is 4.74 Å². The molecule has 1 fully saturated rings. The Morgan fingerprint density at radius 2 is 2.03 bits per heavy atom. The van der Waals surface area contributed by atoms with Crippen LogP contribution in [-0.4, -0.2) is 27.5 Å². The molecule has 1 aliphatic heterocycles. The average molecular weight is 447 g/mol. The molecule has 1 aliphatic rings. The van der Waals surface area contributed by atoms with Gasteiger partial charge in [0.2, 0.25) is 0 Å². The minimum Gasteiger partial charge on any atom is -0.487 e. The molecule has 0 atom stereocenters. The van der Waals surface area contributed by atoms with E-state index in [0.717, 1.165) is 24.6 Å². The fraction of sp³-hybridized carbons (Fsp3) is 0.238. The number of imide groups is 1. The van der Waals surface area contributed by atoms with Gasteiger partial charge < -0.3 is 4.74 Å². The molecule has 3 rings (SSSR count). The first kappa shape index (κ1) is 21.9. The molecule has 0 N–H and O–H groups in total. The summed E-state index contributed by atoms with van der Waals surface area (Å²) in [6, 6.07) is 11.2. The minimum atomic E-state index is -0.463. The van der Waals surface area contributed by atoms with E-state index in [1.165, 1.54) is 17.0 Å². The van der Waals surface area contributed by atoms with E-state index in [1.54, 1.807) is 36.4 Å². The predicted octanol–water partition coefficient (Wildman–Crippen LogP) is 5.66. The van der Waals surface area contributed by atoms with Crippen molar-refractivity contribution in [3.63, 3.8) is 0 Å². The quantitative estimate of drug-likeness (QED) is 0.295. The third-order valence-electron chi connectivity index (χ3n) is 4.38. The van der Waals surface area contributed by atoms with Crippen LogP contribution in [0.15, 0.2) is 47.4 Å². The highest BCUT2D eigenvalue weighted by Crippen LogP contribution is 2.34. The number of unbranched alkanes of at least 4 members (excludes halogenated alkanes) is 1. The van der Waals surface area contributed by atoms with Gasteiger partial charge in [-0.1, -0.05) is 43.1 Å². The van der Waals surface area contributed by atoms with Crippen molar-refractivity contribution in [1.82, 2.24) is 4.90 Å². The zero-order valence-corrected chi connectivity index (χ0v) is 17.7. The number of halogens is 1. The predicted molar refractivity (Wildman–Crippen MR) is 116 cm³/mol. The molecule has 156 valence electrons. The normalized spacial score (nSPS) is 15.1. The fourth-order valence-corrected chi connectivity index (χ4v) is 3.91. The Kier molecular flexibility index (Phi) is 7.12. The van der Waals surface area contributed by atoms with Crippen LogP contribution in [0.4, 0.5) is 10.5 Å². The molecule has 0 unspecified atom stereocenters. The summed E-state index contributed by atoms with van der Waals surface area (Å²) in [7, 11) is 0. The lowest BCUT2D eigenvalue weighted by molar-refractivity contribution is -0.384. The van der Waals surface area contributed by atoms with Crippen LogP contribution in [0.1, 0.15) is 30.9 Å². The number of nitro groups is 1. The standard InChI is InChI=1S/C21H19ClN2O5S/c1-2-3-9-23-20(25)19(30-21(23)26)12-14-7-8-18(17(22)11-14)29-13-15-5-4-6-16(10-15)24(27)28/h4-8,10-12H,2-3,9,13H2,1H3/b19-12-. The van der Waals surface area contributed by atoms with E-state index in [2.05, 4.69) is 0 Å². The Morgan fingerprint density at radius 3 is 2.73 bits per heavy atom. The molecule has 2 amide bonds. The number of nitro benzene ring substituents is 1. The maximum absolute atomic E-state index is 12.4. The van der Waals surface area contributed by atoms with Crippen molar-refractivity contribution in [2.75, 3.05) is 6.54 Å². The summed E-state index contributed by atoms with van der Waals surface area (Å²) in [6.45, 7) is 2.54. The topological polar surface area (TPSA) is 89.8 Å². The summed E-state index contributed by atoms with van der Waals surface area (Å²) in [4.78, 5) is 36.5. The highest BCUT2D eigenvalue weighted by molar-refractivity contribution is 8.18. The Labute approximate surface area is 182 Å². The second kappa shape index (κ2) is 9.77. The van der Waals surface area contributed by atoms with Crippen LogP contribution >= 0.6 is 23.4 Å². The molecule has 0 saturated carbocycles. The number of thioether (sulfide) groups is 1. The van der Waals surface area contributed by atoms with Crippen LogP contribution in [0, 0.1) is 10.1 Å². The number of nitrogens with zero attached hydrogens (tertiary/aromatic N) is 2. The van der Waals surface area contributed by atoms with Gasteiger partial charge in [0.05, 0.1) is 14.9 Å². The largest absolute Gasteiger partial charge is 0.487 e. The molecule has 0 aliphatic carbocycles. The lowest BCUT2D eigenvalue weighted by Gasteiger charge is -2.11. The van der Waals surface area contributed by atoms with Crippen LogP contribution in [-0.2, 0) is 11.4 Å². The Hall–Kier alpha value is -2.84. The van der Waals surface area contributed by atoms with Crippen molar-refractivity contribution in [2.24, 2.45) is 0 Å². The molecule has 9 heteroatoms. The molecular weight excluding hydrogens is 428 g/mol. The molecule has 1 heterocycles. The summed E-state index contributed by atoms with van der Waals surface area (Å²) in [5.41, 5.74) is 1.30. The first-order chi connectivity index (χ1) is 14.4. The highest BCUT2D eigenvalue weighted by Gasteiger charge is 2.34. The first-order valence-electron chi connectivity index (χ1n) is 9.30. The first-order valence-corrected chi connectivity index (χ1v) is 10.5. The minimum absolute atomic E-state index is 0.00886. The number of carbonyl (C=O) groups excluding carboxylic acids is 2. The van der Waals surface area contributed by atoms with Gasteiger partial charge in [-0.2, -0.15) is 0 Å². The maximum Gasteiger partial charge on any atom is 0.293 e. The van der Waals surface area contributed by atoms with Crippen molar-refractivity contribution in [1.29, 1.82) is 0 Å². The monoisotopic (exact) mass is 446 g/mol. The molecule has 0 bridgehead atoms. The number of amides is 2. The third-order valence-corrected chi connectivity index (χ3v) is 5.58. The molecule has 0 radical (unpaired) electrons. The summed E-state index contributed by atoms with van der Waals surface area (Å²) in [5.74, 6) is 0.122. The van der Waals surface area contributed by atoms with E-state index in [9.17, 15) is 19.7 Å². The Bertz CT molecular complexity index is 1020. The lowest BCUT2D eigenvalue weighted by Crippen LogP contribution is -2.29. The van der Waals surface area contributed by atoms with Crippen LogP contribution in [0.5, 0.6) is 5.75 Å². The summed E-state index contributed by atoms with van der Waals surface area (Å²) in [6.07, 6.45) is 3.30. The number of carbonyl (C=O) groups is 2. The lowest BCUT2D eigenvalue weighted by atomic mass is 10.2. The van der Waals surface area contributed by atoms with Gasteiger partial charge in [-0.3, -0.25) is 24.6 Å². The van der Waals surface area contributed by atoms with Gasteiger partial charge in [-0.15, -0.1) is 0 Å². The number of non-ortho nitro benzene ring substituents is 1. The zero-order chi connectivity index (χ0) is 21.7.